The molecule has 0 bridgehead atoms. The van der Waals surface area contributed by atoms with Gasteiger partial charge in [0.25, 0.3) is 5.91 Å². The molecule has 0 aliphatic carbocycles. The minimum atomic E-state index is -0.577. The molecule has 1 amide bonds. The summed E-state index contributed by atoms with van der Waals surface area (Å²) in [7, 11) is 0. The summed E-state index contributed by atoms with van der Waals surface area (Å²) in [4.78, 5) is 12.9. The number of aromatic nitrogens is 2. The summed E-state index contributed by atoms with van der Waals surface area (Å²) in [5, 5.41) is 17.4. The highest BCUT2D eigenvalue weighted by Crippen LogP contribution is 2.21. The molecule has 92 valence electrons. The van der Waals surface area contributed by atoms with Crippen LogP contribution in [0, 0.1) is 5.92 Å². The van der Waals surface area contributed by atoms with Crippen molar-refractivity contribution in [2.45, 2.75) is 19.4 Å². The van der Waals surface area contributed by atoms with E-state index < -0.39 is 5.91 Å². The Hall–Kier alpha value is -1.69. The third-order valence-electron chi connectivity index (χ3n) is 3.09. The van der Waals surface area contributed by atoms with Crippen LogP contribution >= 0.6 is 0 Å². The zero-order chi connectivity index (χ0) is 12.4. The van der Waals surface area contributed by atoms with Gasteiger partial charge in [-0.2, -0.15) is 0 Å². The van der Waals surface area contributed by atoms with Crippen LogP contribution in [0.25, 0.3) is 0 Å². The van der Waals surface area contributed by atoms with Gasteiger partial charge in [-0.15, -0.1) is 10.2 Å². The number of hydrogen-bond donors (Lipinski definition) is 2. The number of aliphatic hydroxyl groups is 1. The van der Waals surface area contributed by atoms with E-state index in [1.807, 2.05) is 6.92 Å². The van der Waals surface area contributed by atoms with E-state index in [0.717, 1.165) is 19.5 Å². The van der Waals surface area contributed by atoms with Crippen LogP contribution in [-0.2, 0) is 0 Å². The minimum absolute atomic E-state index is 0.166. The van der Waals surface area contributed by atoms with Crippen molar-refractivity contribution in [1.82, 2.24) is 10.2 Å². The first-order valence-electron chi connectivity index (χ1n) is 5.64. The van der Waals surface area contributed by atoms with E-state index in [1.54, 1.807) is 12.1 Å². The number of primary amides is 1. The molecule has 1 aromatic heterocycles. The molecule has 1 aliphatic rings. The second-order valence-electron chi connectivity index (χ2n) is 4.42. The van der Waals surface area contributed by atoms with E-state index in [4.69, 9.17) is 5.73 Å². The third kappa shape index (κ3) is 2.52. The number of nitrogens with zero attached hydrogens (tertiary/aromatic N) is 3. The molecular formula is C11H16N4O2. The Kier molecular flexibility index (Phi) is 3.23. The lowest BCUT2D eigenvalue weighted by atomic mass is 9.97. The zero-order valence-electron chi connectivity index (χ0n) is 9.71. The molecule has 1 aliphatic heterocycles. The maximum atomic E-state index is 10.9. The largest absolute Gasteiger partial charge is 0.393 e. The van der Waals surface area contributed by atoms with Crippen LogP contribution in [-0.4, -0.2) is 40.4 Å². The van der Waals surface area contributed by atoms with E-state index in [-0.39, 0.29) is 17.7 Å². The molecule has 0 radical (unpaired) electrons. The smallest absolute Gasteiger partial charge is 0.269 e. The van der Waals surface area contributed by atoms with Crippen molar-refractivity contribution in [3.63, 3.8) is 0 Å². The second kappa shape index (κ2) is 4.67. The van der Waals surface area contributed by atoms with Crippen LogP contribution in [0.2, 0.25) is 0 Å². The zero-order valence-corrected chi connectivity index (χ0v) is 9.71. The van der Waals surface area contributed by atoms with Gasteiger partial charge in [-0.1, -0.05) is 6.92 Å². The van der Waals surface area contributed by atoms with Gasteiger partial charge < -0.3 is 15.7 Å². The van der Waals surface area contributed by atoms with Crippen LogP contribution in [0.5, 0.6) is 0 Å². The molecule has 0 aromatic carbocycles. The topological polar surface area (TPSA) is 92.3 Å². The molecule has 6 nitrogen and oxygen atoms in total. The Balaban J connectivity index is 2.10. The van der Waals surface area contributed by atoms with Gasteiger partial charge in [0.15, 0.2) is 11.5 Å². The molecule has 1 fully saturated rings. The minimum Gasteiger partial charge on any atom is -0.393 e. The van der Waals surface area contributed by atoms with Crippen LogP contribution in [0.15, 0.2) is 12.1 Å². The van der Waals surface area contributed by atoms with E-state index in [1.165, 1.54) is 0 Å². The summed E-state index contributed by atoms with van der Waals surface area (Å²) < 4.78 is 0. The van der Waals surface area contributed by atoms with Gasteiger partial charge in [-0.3, -0.25) is 4.79 Å². The first-order chi connectivity index (χ1) is 8.08. The molecule has 3 N–H and O–H groups in total. The fourth-order valence-electron chi connectivity index (χ4n) is 1.97. The van der Waals surface area contributed by atoms with Crippen LogP contribution in [0.3, 0.4) is 0 Å². The first-order valence-corrected chi connectivity index (χ1v) is 5.64. The van der Waals surface area contributed by atoms with Crippen molar-refractivity contribution < 1.29 is 9.90 Å². The predicted molar refractivity (Wildman–Crippen MR) is 62.6 cm³/mol. The van der Waals surface area contributed by atoms with Crippen molar-refractivity contribution >= 4 is 11.7 Å². The molecule has 2 atom stereocenters. The highest BCUT2D eigenvalue weighted by atomic mass is 16.3. The van der Waals surface area contributed by atoms with Gasteiger partial charge in [0.1, 0.15) is 0 Å². The number of aliphatic hydroxyl groups excluding tert-OH is 1. The van der Waals surface area contributed by atoms with E-state index in [9.17, 15) is 9.90 Å². The van der Waals surface area contributed by atoms with Gasteiger partial charge in [-0.25, -0.2) is 0 Å². The summed E-state index contributed by atoms with van der Waals surface area (Å²) in [5.41, 5.74) is 5.26. The van der Waals surface area contributed by atoms with E-state index in [2.05, 4.69) is 15.1 Å². The predicted octanol–water partition coefficient (Wildman–Crippen LogP) is -0.217. The Morgan fingerprint density at radius 1 is 1.53 bits per heavy atom. The summed E-state index contributed by atoms with van der Waals surface area (Å²) in [6.07, 6.45) is 0.476. The van der Waals surface area contributed by atoms with Crippen molar-refractivity contribution in [3.05, 3.63) is 17.8 Å². The maximum absolute atomic E-state index is 10.9. The first kappa shape index (κ1) is 11.8. The fraction of sp³-hybridized carbons (Fsp3) is 0.545. The van der Waals surface area contributed by atoms with Crippen LogP contribution < -0.4 is 10.6 Å². The SMILES string of the molecule is CC1CN(c2ccc(C(N)=O)nn2)CCC1O. The quantitative estimate of drug-likeness (QED) is 0.740. The average molecular weight is 236 g/mol. The van der Waals surface area contributed by atoms with Gasteiger partial charge in [0.2, 0.25) is 0 Å². The summed E-state index contributed by atoms with van der Waals surface area (Å²) in [6.45, 7) is 3.49. The summed E-state index contributed by atoms with van der Waals surface area (Å²) in [5.74, 6) is 0.349. The average Bonchev–Trinajstić information content (AvgIpc) is 2.33. The van der Waals surface area contributed by atoms with Gasteiger partial charge in [0, 0.05) is 13.1 Å². The Morgan fingerprint density at radius 3 is 2.82 bits per heavy atom. The normalized spacial score (nSPS) is 24.7. The highest BCUT2D eigenvalue weighted by Gasteiger charge is 2.25. The number of carbonyl (C=O) groups is 1. The van der Waals surface area contributed by atoms with Crippen molar-refractivity contribution in [1.29, 1.82) is 0 Å². The summed E-state index contributed by atoms with van der Waals surface area (Å²) in [6, 6.07) is 3.30. The summed E-state index contributed by atoms with van der Waals surface area (Å²) >= 11 is 0. The lowest BCUT2D eigenvalue weighted by Crippen LogP contribution is -2.42. The maximum Gasteiger partial charge on any atom is 0.269 e. The van der Waals surface area contributed by atoms with E-state index in [0.29, 0.717) is 5.82 Å². The molecule has 2 unspecified atom stereocenters. The third-order valence-corrected chi connectivity index (χ3v) is 3.09. The molecule has 1 saturated heterocycles. The molecule has 2 rings (SSSR count). The Bertz CT molecular complexity index is 406. The Morgan fingerprint density at radius 2 is 2.29 bits per heavy atom. The standard InChI is InChI=1S/C11H16N4O2/c1-7-6-15(5-4-9(7)16)10-3-2-8(11(12)17)13-14-10/h2-3,7,9,16H,4-6H2,1H3,(H2,12,17). The monoisotopic (exact) mass is 236 g/mol. The molecule has 2 heterocycles. The number of nitrogens with two attached hydrogens (primary N) is 1. The highest BCUT2D eigenvalue weighted by molar-refractivity contribution is 5.90. The molecule has 6 heteroatoms. The number of piperidine rings is 1. The van der Waals surface area contributed by atoms with Crippen molar-refractivity contribution in [2.75, 3.05) is 18.0 Å². The number of anilines is 1. The fourth-order valence-corrected chi connectivity index (χ4v) is 1.97. The molecule has 0 spiro atoms. The molecule has 1 aromatic rings. The Labute approximate surface area is 99.4 Å². The van der Waals surface area contributed by atoms with Crippen LogP contribution in [0.4, 0.5) is 5.82 Å². The lowest BCUT2D eigenvalue weighted by molar-refractivity contribution is 0.0968. The van der Waals surface area contributed by atoms with Gasteiger partial charge in [0.05, 0.1) is 6.10 Å². The molecule has 0 saturated carbocycles. The van der Waals surface area contributed by atoms with E-state index >= 15 is 0 Å². The van der Waals surface area contributed by atoms with Crippen molar-refractivity contribution in [2.24, 2.45) is 11.7 Å². The van der Waals surface area contributed by atoms with Gasteiger partial charge >= 0.3 is 0 Å². The molecule has 17 heavy (non-hydrogen) atoms. The number of hydrogen-bond acceptors (Lipinski definition) is 5. The molecular weight excluding hydrogens is 220 g/mol. The number of amides is 1. The number of rotatable bonds is 2. The number of carbonyl (C=O) groups excluding carboxylic acids is 1. The second-order valence-corrected chi connectivity index (χ2v) is 4.42. The van der Waals surface area contributed by atoms with Crippen LogP contribution in [0.1, 0.15) is 23.8 Å². The van der Waals surface area contributed by atoms with Gasteiger partial charge in [-0.05, 0) is 24.5 Å². The van der Waals surface area contributed by atoms with Crippen molar-refractivity contribution in [3.8, 4) is 0 Å². The lowest BCUT2D eigenvalue weighted by Gasteiger charge is -2.34.